The maximum Gasteiger partial charge on any atom is 0.413 e. The number of aliphatic hydroxyl groups excluding tert-OH is 10. The van der Waals surface area contributed by atoms with E-state index < -0.39 is 349 Å². The number of thiol groups is 5. The van der Waals surface area contributed by atoms with Crippen LogP contribution < -0.4 is 112 Å². The number of ether oxygens (including phenoxy) is 2. The van der Waals surface area contributed by atoms with Crippen LogP contribution in [-0.2, 0) is 104 Å². The van der Waals surface area contributed by atoms with Crippen molar-refractivity contribution in [1.82, 2.24) is 99.5 Å². The van der Waals surface area contributed by atoms with Crippen molar-refractivity contribution in [3.05, 3.63) is 61.4 Å². The molecule has 788 valence electrons. The second-order valence-corrected chi connectivity index (χ2v) is 34.5. The molecule has 0 bridgehead atoms. The molecule has 0 spiro atoms. The number of anilines is 1. The molecule has 62 heteroatoms. The molecule has 30 N–H and O–H groups in total. The van der Waals surface area contributed by atoms with Gasteiger partial charge < -0.3 is 166 Å². The van der Waals surface area contributed by atoms with E-state index in [1.165, 1.54) is 26.2 Å². The van der Waals surface area contributed by atoms with E-state index in [0.717, 1.165) is 80.6 Å². The van der Waals surface area contributed by atoms with Gasteiger partial charge in [0.15, 0.2) is 0 Å². The Balaban J connectivity index is 1.91. The largest absolute Gasteiger partial charge is 0.495 e. The molecule has 0 radical (unpaired) electrons. The molecular weight excluding hydrogens is 2040 g/mol. The summed E-state index contributed by atoms with van der Waals surface area (Å²) in [7, 11) is 1.37. The SMILES string of the molecule is COc1cc2oc(=O)cc(COC(=O)Nc3ccn(CC(=O)N(CCNC(=O)[C@@H](NC(=O)[C@@H](NC(=O)[C@H](CS)NC(=O)[C@@H](NC(=O)[C@H](CS)NC(=O)[C@@H](NC(=O)[C@@H](N)[C@@H](C)O)[C@@H](C)O)[C@@H](C)O)[C@@H](C)O)[C@@H](C)O)CC(=O)N[C@@H](CS)C(=O)N[C@H](C(=O)N[C@H](C(=O)N[C@@H](CS)C(=O)N[C@H](C(=O)N[C@@H](CS)C(=O)N[C@H](C(=O)N[C@H](C(=O)NCC(=O)O)[C@@H](C)O)[C@@H](C)O)[C@@H](C)O)[C@@H](C)O)[C@@H](C)O)c(=O)n3)c2cc1Br. The van der Waals surface area contributed by atoms with E-state index in [1.54, 1.807) is 0 Å². The molecule has 0 fully saturated rings. The lowest BCUT2D eigenvalue weighted by atomic mass is 10.1. The Morgan fingerprint density at radius 1 is 0.440 bits per heavy atom. The number of nitrogens with two attached hydrogens (primary N) is 1. The van der Waals surface area contributed by atoms with Crippen LogP contribution in [0.1, 0.15) is 74.8 Å². The van der Waals surface area contributed by atoms with E-state index in [0.29, 0.717) is 25.1 Å². The van der Waals surface area contributed by atoms with Gasteiger partial charge in [-0.05, 0) is 97.3 Å². The Bertz CT molecular complexity index is 5040. The summed E-state index contributed by atoms with van der Waals surface area (Å²) in [6.45, 7) is 5.21. The average molecular weight is 2160 g/mol. The number of amides is 18. The number of aliphatic hydroxyl groups is 10. The molecule has 2 heterocycles. The molecule has 0 aliphatic carbocycles. The summed E-state index contributed by atoms with van der Waals surface area (Å²) in [4.78, 5) is 287. The zero-order valence-electron chi connectivity index (χ0n) is 77.3. The smallest absolute Gasteiger partial charge is 0.413 e. The minimum atomic E-state index is -2.12. The second-order valence-electron chi connectivity index (χ2n) is 31.8. The third kappa shape index (κ3) is 39.1. The lowest BCUT2D eigenvalue weighted by molar-refractivity contribution is -0.140. The molecule has 0 unspecified atom stereocenters. The van der Waals surface area contributed by atoms with E-state index >= 15 is 0 Å². The highest BCUT2D eigenvalue weighted by atomic mass is 79.9. The average Bonchev–Trinajstić information content (AvgIpc) is 0.788. The van der Waals surface area contributed by atoms with E-state index in [4.69, 9.17) is 24.7 Å². The number of nitrogens with zero attached hydrogens (tertiary/aromatic N) is 3. The normalized spacial score (nSPS) is 16.6. The summed E-state index contributed by atoms with van der Waals surface area (Å²) in [6, 6.07) is -23.2. The van der Waals surface area contributed by atoms with Gasteiger partial charge in [-0.2, -0.15) is 68.1 Å². The number of rotatable bonds is 57. The first-order valence-electron chi connectivity index (χ1n) is 42.6. The number of fused-ring (bicyclic) bond motifs is 1. The Morgan fingerprint density at radius 2 is 0.759 bits per heavy atom. The van der Waals surface area contributed by atoms with Crippen molar-refractivity contribution in [2.45, 2.75) is 234 Å². The van der Waals surface area contributed by atoms with Crippen molar-refractivity contribution >= 4 is 208 Å². The number of aliphatic carboxylic acids is 1. The first-order valence-corrected chi connectivity index (χ1v) is 46.5. The molecule has 0 aliphatic rings. The highest BCUT2D eigenvalue weighted by Crippen LogP contribution is 2.32. The van der Waals surface area contributed by atoms with Gasteiger partial charge in [-0.15, -0.1) is 0 Å². The van der Waals surface area contributed by atoms with Crippen molar-refractivity contribution in [2.24, 2.45) is 5.73 Å². The van der Waals surface area contributed by atoms with Crippen LogP contribution in [0.25, 0.3) is 11.0 Å². The maximum absolute atomic E-state index is 14.4. The Labute approximate surface area is 838 Å². The molecule has 141 heavy (non-hydrogen) atoms. The summed E-state index contributed by atoms with van der Waals surface area (Å²) in [5, 5.41) is 152. The maximum atomic E-state index is 14.4. The molecular formula is C79H120BrN21O35S5. The Morgan fingerprint density at radius 3 is 1.08 bits per heavy atom. The topological polar surface area (TPSA) is 864 Å². The molecule has 0 saturated heterocycles. The standard InChI is InChI=1S/C79H120BrN21O35S5/c1-28(102)53(81)68(122)96-58(33(6)107)73(127)87-42(24-138)64(118)91-56(31(4)105)71(125)85-44(26-140)66(120)94-60(35(8)109)75(129)97-54(29(2)103)69(123)82-13-15-100(50(113)21-101-14-12-48(89-78(101)132)90-79(133)135-22-38-16-52(116)136-46-18-47(134-11)40(80)17-39(38)46)20-49(112)84-41(23-137)63(117)93-62(37(10)111)77(131)99-59(34(7)108)74(128)88-43(25-139)65(119)92-57(32(5)106)72(126)86-45(27-141)67(121)95-61(36(9)110)76(130)98-55(30(3)104)70(124)83-19-51(114)115/h12,14,16-18,28-37,41-45,53-62,102-111,137-141H,13,15,19-27,81H2,1-11H3,(H,82,123)(H,83,124)(H,84,112)(H,85,125)(H,86,126)(H,87,127)(H,88,128)(H,91,118)(H,92,119)(H,93,117)(H,94,120)(H,95,121)(H,96,122)(H,97,129)(H,98,130)(H,99,131)(H,114,115)(H,89,90,132,133)/t28-,29-,30-,31-,32-,33-,34-,35-,36-,37-,41+,42+,43+,44+,45+,53+,54+,55+,56+,57+,58+,59+,60+,61+,62+/m1/s1. The number of carbonyl (C=O) groups is 19. The van der Waals surface area contributed by atoms with E-state index in [1.807, 2.05) is 5.32 Å². The van der Waals surface area contributed by atoms with Gasteiger partial charge in [-0.3, -0.25) is 96.2 Å². The minimum Gasteiger partial charge on any atom is -0.495 e. The van der Waals surface area contributed by atoms with Crippen molar-refractivity contribution in [1.29, 1.82) is 0 Å². The molecule has 0 aliphatic heterocycles. The monoisotopic (exact) mass is 2160 g/mol. The number of hydrogen-bond donors (Lipinski definition) is 34. The predicted octanol–water partition coefficient (Wildman–Crippen LogP) is -14.4. The number of methoxy groups -OCH3 is 1. The number of hydrogen-bond acceptors (Lipinski definition) is 41. The number of carboxylic acids is 1. The fourth-order valence-electron chi connectivity index (χ4n) is 12.2. The number of carbonyl (C=O) groups excluding carboxylic acids is 18. The number of benzene rings is 1. The van der Waals surface area contributed by atoms with Crippen LogP contribution in [0.15, 0.2) is 48.9 Å². The van der Waals surface area contributed by atoms with Gasteiger partial charge in [0.1, 0.15) is 127 Å². The molecule has 0 saturated carbocycles. The quantitative estimate of drug-likeness (QED) is 0.0184. The van der Waals surface area contributed by atoms with Crippen LogP contribution in [0, 0.1) is 0 Å². The van der Waals surface area contributed by atoms with Gasteiger partial charge in [-0.1, -0.05) is 0 Å². The Hall–Kier alpha value is -11.4. The first kappa shape index (κ1) is 124. The van der Waals surface area contributed by atoms with Crippen molar-refractivity contribution < 1.29 is 161 Å². The number of halogens is 1. The molecule has 3 rings (SSSR count). The zero-order chi connectivity index (χ0) is 107. The molecule has 3 aromatic rings. The van der Waals surface area contributed by atoms with Crippen molar-refractivity contribution in [3.63, 3.8) is 0 Å². The minimum absolute atomic E-state index is 0.0672. The summed E-state index contributed by atoms with van der Waals surface area (Å²) >= 11 is 23.8. The van der Waals surface area contributed by atoms with E-state index in [2.05, 4.69) is 169 Å². The highest BCUT2D eigenvalue weighted by molar-refractivity contribution is 9.10. The summed E-state index contributed by atoms with van der Waals surface area (Å²) in [5.41, 5.74) is 3.82. The molecule has 2 aromatic heterocycles. The van der Waals surface area contributed by atoms with Crippen LogP contribution in [0.3, 0.4) is 0 Å². The molecule has 1 aromatic carbocycles. The van der Waals surface area contributed by atoms with Gasteiger partial charge >= 0.3 is 23.4 Å². The molecule has 56 nitrogen and oxygen atoms in total. The van der Waals surface area contributed by atoms with Crippen LogP contribution in [-0.4, -0.2) is 397 Å². The van der Waals surface area contributed by atoms with Gasteiger partial charge in [0, 0.05) is 71.1 Å². The van der Waals surface area contributed by atoms with Crippen LogP contribution in [0.2, 0.25) is 0 Å². The lowest BCUT2D eigenvalue weighted by Gasteiger charge is -2.29. The lowest BCUT2D eigenvalue weighted by Crippen LogP contribution is -2.64. The Kier molecular flexibility index (Phi) is 52.3. The number of nitrogens with one attached hydrogen (secondary N) is 17. The van der Waals surface area contributed by atoms with Gasteiger partial charge in [-0.25, -0.2) is 14.4 Å². The predicted molar refractivity (Wildman–Crippen MR) is 510 cm³/mol. The second kappa shape index (κ2) is 59.5. The molecule has 25 atom stereocenters. The summed E-state index contributed by atoms with van der Waals surface area (Å²) in [5.74, 6) is -26.1. The highest BCUT2D eigenvalue weighted by Gasteiger charge is 2.43. The van der Waals surface area contributed by atoms with Gasteiger partial charge in [0.25, 0.3) is 0 Å². The summed E-state index contributed by atoms with van der Waals surface area (Å²) < 4.78 is 16.9. The third-order valence-electron chi connectivity index (χ3n) is 20.1. The van der Waals surface area contributed by atoms with E-state index in [9.17, 15) is 152 Å². The van der Waals surface area contributed by atoms with Crippen LogP contribution >= 0.6 is 79.1 Å². The fraction of sp³-hybridized carbons (Fsp3) is 0.595. The van der Waals surface area contributed by atoms with Crippen LogP contribution in [0.4, 0.5) is 10.6 Å². The third-order valence-corrected chi connectivity index (χ3v) is 22.6. The zero-order valence-corrected chi connectivity index (χ0v) is 83.4. The first-order chi connectivity index (χ1) is 65.8. The van der Waals surface area contributed by atoms with E-state index in [-0.39, 0.29) is 11.1 Å². The summed E-state index contributed by atoms with van der Waals surface area (Å²) in [6.07, 6.45) is -17.8. The van der Waals surface area contributed by atoms with Gasteiger partial charge in [0.05, 0.1) is 79.2 Å². The molecule has 18 amide bonds. The van der Waals surface area contributed by atoms with Crippen molar-refractivity contribution in [3.8, 4) is 5.75 Å². The van der Waals surface area contributed by atoms with Gasteiger partial charge in [0.2, 0.25) is 100 Å². The number of aromatic nitrogens is 2. The van der Waals surface area contributed by atoms with Crippen LogP contribution in [0.5, 0.6) is 5.75 Å². The number of carboxylic acid groups (broad SMARTS) is 1. The van der Waals surface area contributed by atoms with Crippen molar-refractivity contribution in [2.75, 3.05) is 67.4 Å². The fourth-order valence-corrected chi connectivity index (χ4v) is 14.0.